The van der Waals surface area contributed by atoms with Gasteiger partial charge in [0.1, 0.15) is 11.4 Å². The normalized spacial score (nSPS) is 22.7. The van der Waals surface area contributed by atoms with Gasteiger partial charge in [-0.1, -0.05) is 23.2 Å². The van der Waals surface area contributed by atoms with E-state index in [0.717, 1.165) is 25.3 Å². The van der Waals surface area contributed by atoms with Crippen LogP contribution in [0, 0.1) is 11.9 Å². The van der Waals surface area contributed by atoms with Crippen LogP contribution in [0.2, 0.25) is 10.0 Å². The van der Waals surface area contributed by atoms with Gasteiger partial charge in [0.2, 0.25) is 5.95 Å². The standard InChI is InChI=1S/C21H20Cl2FN3O3/c1-30-17-9-11(2-4-14(17)22)20(28)25-16-6-3-13-8-12(16)10-27(13)21(29)19-15(23)5-7-18(24)26-19/h2,4-5,7,9,12-13,16H,3,6,8,10H2,1H3,(H,25,28). The number of hydrogen-bond donors (Lipinski definition) is 1. The van der Waals surface area contributed by atoms with Gasteiger partial charge in [-0.25, -0.2) is 4.98 Å². The van der Waals surface area contributed by atoms with Crippen molar-refractivity contribution in [2.45, 2.75) is 31.3 Å². The fourth-order valence-electron chi connectivity index (χ4n) is 4.32. The lowest BCUT2D eigenvalue weighted by atomic mass is 9.85. The molecule has 3 unspecified atom stereocenters. The summed E-state index contributed by atoms with van der Waals surface area (Å²) in [7, 11) is 1.49. The van der Waals surface area contributed by atoms with Crippen LogP contribution in [0.1, 0.15) is 40.1 Å². The van der Waals surface area contributed by atoms with Gasteiger partial charge in [-0.3, -0.25) is 9.59 Å². The minimum absolute atomic E-state index is 0.0346. The molecule has 1 aliphatic carbocycles. The number of likely N-dealkylation sites (tertiary alicyclic amines) is 1. The van der Waals surface area contributed by atoms with Crippen molar-refractivity contribution in [3.8, 4) is 5.75 Å². The Labute approximate surface area is 183 Å². The van der Waals surface area contributed by atoms with Gasteiger partial charge in [-0.05, 0) is 55.5 Å². The molecule has 0 radical (unpaired) electrons. The van der Waals surface area contributed by atoms with Gasteiger partial charge >= 0.3 is 0 Å². The van der Waals surface area contributed by atoms with Crippen LogP contribution in [0.15, 0.2) is 30.3 Å². The minimum atomic E-state index is -0.742. The Balaban J connectivity index is 1.45. The van der Waals surface area contributed by atoms with Crippen molar-refractivity contribution in [3.05, 3.63) is 57.6 Å². The maximum Gasteiger partial charge on any atom is 0.274 e. The molecule has 1 saturated carbocycles. The van der Waals surface area contributed by atoms with Gasteiger partial charge in [0, 0.05) is 24.2 Å². The third-order valence-corrected chi connectivity index (χ3v) is 6.45. The first-order valence-corrected chi connectivity index (χ1v) is 10.4. The zero-order valence-corrected chi connectivity index (χ0v) is 17.7. The Bertz CT molecular complexity index is 1000. The number of rotatable bonds is 4. The third kappa shape index (κ3) is 3.96. The average Bonchev–Trinajstić information content (AvgIpc) is 3.09. The van der Waals surface area contributed by atoms with Crippen molar-refractivity contribution in [2.24, 2.45) is 5.92 Å². The Morgan fingerprint density at radius 2 is 1.97 bits per heavy atom. The maximum absolute atomic E-state index is 13.5. The van der Waals surface area contributed by atoms with Crippen LogP contribution >= 0.6 is 23.2 Å². The van der Waals surface area contributed by atoms with E-state index in [1.165, 1.54) is 13.2 Å². The Morgan fingerprint density at radius 1 is 1.20 bits per heavy atom. The molecule has 1 saturated heterocycles. The summed E-state index contributed by atoms with van der Waals surface area (Å²) in [5.74, 6) is -0.786. The van der Waals surface area contributed by atoms with Crippen LogP contribution in [0.4, 0.5) is 4.39 Å². The van der Waals surface area contributed by atoms with E-state index in [-0.39, 0.29) is 40.5 Å². The monoisotopic (exact) mass is 451 g/mol. The number of nitrogens with zero attached hydrogens (tertiary/aromatic N) is 2. The molecule has 158 valence electrons. The quantitative estimate of drug-likeness (QED) is 0.714. The van der Waals surface area contributed by atoms with E-state index in [0.29, 0.717) is 22.9 Å². The van der Waals surface area contributed by atoms with Crippen LogP contribution in [-0.2, 0) is 0 Å². The summed E-state index contributed by atoms with van der Waals surface area (Å²) >= 11 is 12.1. The fourth-order valence-corrected chi connectivity index (χ4v) is 4.70. The number of carbonyl (C=O) groups is 2. The van der Waals surface area contributed by atoms with Crippen molar-refractivity contribution in [1.82, 2.24) is 15.2 Å². The number of hydrogen-bond acceptors (Lipinski definition) is 4. The summed E-state index contributed by atoms with van der Waals surface area (Å²) in [4.78, 5) is 31.0. The number of fused-ring (bicyclic) bond motifs is 2. The SMILES string of the molecule is COc1cc(C(=O)NC2CCC3CC2CN3C(=O)c2nc(F)ccc2Cl)ccc1Cl. The Morgan fingerprint density at radius 3 is 2.73 bits per heavy atom. The van der Waals surface area contributed by atoms with E-state index >= 15 is 0 Å². The molecule has 2 fully saturated rings. The number of aromatic nitrogens is 1. The lowest BCUT2D eigenvalue weighted by Gasteiger charge is -2.29. The second-order valence-electron chi connectivity index (χ2n) is 7.58. The number of amides is 2. The van der Waals surface area contributed by atoms with Gasteiger partial charge in [0.05, 0.1) is 17.2 Å². The van der Waals surface area contributed by atoms with Crippen LogP contribution in [0.25, 0.3) is 0 Å². The third-order valence-electron chi connectivity index (χ3n) is 5.83. The number of pyridine rings is 1. The molecule has 3 atom stereocenters. The van der Waals surface area contributed by atoms with Gasteiger partial charge in [0.25, 0.3) is 11.8 Å². The molecule has 2 amide bonds. The molecular weight excluding hydrogens is 432 g/mol. The van der Waals surface area contributed by atoms with Crippen molar-refractivity contribution in [1.29, 1.82) is 0 Å². The zero-order valence-electron chi connectivity index (χ0n) is 16.2. The largest absolute Gasteiger partial charge is 0.495 e. The number of nitrogens with one attached hydrogen (secondary N) is 1. The van der Waals surface area contributed by atoms with E-state index in [4.69, 9.17) is 27.9 Å². The number of benzene rings is 1. The van der Waals surface area contributed by atoms with Gasteiger partial charge in [0.15, 0.2) is 0 Å². The summed E-state index contributed by atoms with van der Waals surface area (Å²) in [6.45, 7) is 0.465. The van der Waals surface area contributed by atoms with Gasteiger partial charge < -0.3 is 15.0 Å². The fraction of sp³-hybridized carbons (Fsp3) is 0.381. The minimum Gasteiger partial charge on any atom is -0.495 e. The molecule has 9 heteroatoms. The van der Waals surface area contributed by atoms with Crippen molar-refractivity contribution in [2.75, 3.05) is 13.7 Å². The molecule has 1 aliphatic heterocycles. The molecule has 1 N–H and O–H groups in total. The highest BCUT2D eigenvalue weighted by molar-refractivity contribution is 6.33. The second-order valence-corrected chi connectivity index (χ2v) is 8.39. The summed E-state index contributed by atoms with van der Waals surface area (Å²) in [6.07, 6.45) is 2.26. The summed E-state index contributed by atoms with van der Waals surface area (Å²) in [6, 6.07) is 7.30. The number of methoxy groups -OCH3 is 1. The molecule has 0 spiro atoms. The first-order valence-electron chi connectivity index (χ1n) is 9.64. The molecule has 2 bridgehead atoms. The lowest BCUT2D eigenvalue weighted by molar-refractivity contribution is 0.0725. The lowest BCUT2D eigenvalue weighted by Crippen LogP contribution is -2.42. The zero-order chi connectivity index (χ0) is 21.4. The van der Waals surface area contributed by atoms with E-state index in [1.54, 1.807) is 23.1 Å². The van der Waals surface area contributed by atoms with E-state index in [2.05, 4.69) is 10.3 Å². The summed E-state index contributed by atoms with van der Waals surface area (Å²) in [5.41, 5.74) is 0.387. The van der Waals surface area contributed by atoms with E-state index in [9.17, 15) is 14.0 Å². The highest BCUT2D eigenvalue weighted by atomic mass is 35.5. The Hall–Kier alpha value is -2.38. The molecule has 2 aliphatic rings. The van der Waals surface area contributed by atoms with E-state index < -0.39 is 5.95 Å². The van der Waals surface area contributed by atoms with Gasteiger partial charge in [-0.15, -0.1) is 0 Å². The number of halogens is 3. The van der Waals surface area contributed by atoms with E-state index in [1.807, 2.05) is 0 Å². The molecule has 2 heterocycles. The molecule has 1 aromatic heterocycles. The highest BCUT2D eigenvalue weighted by Gasteiger charge is 2.44. The predicted octanol–water partition coefficient (Wildman–Crippen LogP) is 3.96. The van der Waals surface area contributed by atoms with Crippen LogP contribution < -0.4 is 10.1 Å². The average molecular weight is 452 g/mol. The molecule has 6 nitrogen and oxygen atoms in total. The first-order chi connectivity index (χ1) is 14.4. The topological polar surface area (TPSA) is 71.5 Å². The molecule has 1 aromatic carbocycles. The summed E-state index contributed by atoms with van der Waals surface area (Å²) < 4.78 is 18.7. The first kappa shape index (κ1) is 20.9. The van der Waals surface area contributed by atoms with Crippen molar-refractivity contribution >= 4 is 35.0 Å². The Kier molecular flexibility index (Phi) is 5.84. The summed E-state index contributed by atoms with van der Waals surface area (Å²) in [5, 5.41) is 3.64. The molecule has 30 heavy (non-hydrogen) atoms. The smallest absolute Gasteiger partial charge is 0.274 e. The predicted molar refractivity (Wildman–Crippen MR) is 111 cm³/mol. The van der Waals surface area contributed by atoms with Crippen molar-refractivity contribution in [3.63, 3.8) is 0 Å². The molecule has 2 aromatic rings. The molecule has 4 rings (SSSR count). The highest BCUT2D eigenvalue weighted by Crippen LogP contribution is 2.37. The number of ether oxygens (including phenoxy) is 1. The van der Waals surface area contributed by atoms with Gasteiger partial charge in [-0.2, -0.15) is 4.39 Å². The second kappa shape index (κ2) is 8.40. The van der Waals surface area contributed by atoms with Crippen LogP contribution in [0.3, 0.4) is 0 Å². The van der Waals surface area contributed by atoms with Crippen molar-refractivity contribution < 1.29 is 18.7 Å². The molecular formula is C21H20Cl2FN3O3. The maximum atomic E-state index is 13.5. The number of carbonyl (C=O) groups excluding carboxylic acids is 2. The van der Waals surface area contributed by atoms with Crippen LogP contribution in [0.5, 0.6) is 5.75 Å². The van der Waals surface area contributed by atoms with Crippen LogP contribution in [-0.4, -0.2) is 47.4 Å².